The van der Waals surface area contributed by atoms with Crippen molar-refractivity contribution in [2.45, 2.75) is 36.7 Å². The Balaban J connectivity index is 1.47. The van der Waals surface area contributed by atoms with E-state index < -0.39 is 34.6 Å². The summed E-state index contributed by atoms with van der Waals surface area (Å²) in [6, 6.07) is 9.51. The molecule has 2 aromatic carbocycles. The highest BCUT2D eigenvalue weighted by atomic mass is 35.5. The number of halogens is 3. The summed E-state index contributed by atoms with van der Waals surface area (Å²) < 4.78 is 29.0. The van der Waals surface area contributed by atoms with Crippen molar-refractivity contribution >= 4 is 50.9 Å². The molecule has 0 aromatic heterocycles. The Bertz CT molecular complexity index is 1210. The highest BCUT2D eigenvalue weighted by Gasteiger charge is 2.50. The van der Waals surface area contributed by atoms with Crippen molar-refractivity contribution < 1.29 is 28.0 Å². The van der Waals surface area contributed by atoms with E-state index in [-0.39, 0.29) is 36.3 Å². The first-order valence-electron chi connectivity index (χ1n) is 10.6. The zero-order valence-corrected chi connectivity index (χ0v) is 19.2. The van der Waals surface area contributed by atoms with Crippen LogP contribution in [0.4, 0.5) is 8.78 Å². The van der Waals surface area contributed by atoms with Crippen LogP contribution in [0.15, 0.2) is 42.5 Å². The molecule has 1 saturated heterocycles. The number of hydrogen-bond donors (Lipinski definition) is 2. The van der Waals surface area contributed by atoms with Crippen LogP contribution in [0.3, 0.4) is 0 Å². The van der Waals surface area contributed by atoms with E-state index >= 15 is 0 Å². The predicted octanol–water partition coefficient (Wildman–Crippen LogP) is 0.501. The molecule has 2 aromatic rings. The van der Waals surface area contributed by atoms with E-state index in [0.29, 0.717) is 16.7 Å². The molecule has 12 heteroatoms. The van der Waals surface area contributed by atoms with Gasteiger partial charge in [0.2, 0.25) is 11.8 Å². The minimum Gasteiger partial charge on any atom is -0.346 e. The summed E-state index contributed by atoms with van der Waals surface area (Å²) in [5.74, 6) is -6.90. The number of imide groups is 1. The highest BCUT2D eigenvalue weighted by Crippen LogP contribution is 2.35. The van der Waals surface area contributed by atoms with E-state index in [1.54, 1.807) is 33.9 Å². The number of piperidine rings is 1. The summed E-state index contributed by atoms with van der Waals surface area (Å²) in [7, 11) is 3.31. The van der Waals surface area contributed by atoms with Crippen LogP contribution in [0.5, 0.6) is 0 Å². The smallest absolute Gasteiger partial charge is 0.346 e. The van der Waals surface area contributed by atoms with Gasteiger partial charge in [-0.25, -0.2) is 0 Å². The minimum atomic E-state index is -3.74. The summed E-state index contributed by atoms with van der Waals surface area (Å²) in [5, 5.41) is 4.83. The van der Waals surface area contributed by atoms with Crippen molar-refractivity contribution in [3.8, 4) is 0 Å². The van der Waals surface area contributed by atoms with Gasteiger partial charge in [-0.3, -0.25) is 24.5 Å². The van der Waals surface area contributed by atoms with Crippen LogP contribution in [0.25, 0.3) is 0 Å². The lowest BCUT2D eigenvalue weighted by Crippen LogP contribution is -2.64. The molecule has 2 aliphatic rings. The maximum atomic E-state index is 14.5. The largest absolute Gasteiger partial charge is 0.349 e. The van der Waals surface area contributed by atoms with Gasteiger partial charge in [0.1, 0.15) is 15.7 Å². The topological polar surface area (TPSA) is 95.6 Å². The molecule has 4 rings (SSSR count). The van der Waals surface area contributed by atoms with E-state index in [2.05, 4.69) is 10.6 Å². The third-order valence-corrected chi connectivity index (χ3v) is 6.64. The van der Waals surface area contributed by atoms with Gasteiger partial charge in [0.25, 0.3) is 11.8 Å². The lowest BCUT2D eigenvalue weighted by molar-refractivity contribution is -0.147. The van der Waals surface area contributed by atoms with Crippen molar-refractivity contribution in [2.24, 2.45) is 0 Å². The van der Waals surface area contributed by atoms with Crippen molar-refractivity contribution in [2.75, 3.05) is 0 Å². The lowest BCUT2D eigenvalue weighted by Gasteiger charge is -2.42. The Hall–Kier alpha value is -3.20. The van der Waals surface area contributed by atoms with Crippen LogP contribution in [-0.2, 0) is 33.4 Å². The zero-order valence-electron chi connectivity index (χ0n) is 18.5. The monoisotopic (exact) mass is 485 g/mol. The zero-order chi connectivity index (χ0) is 24.8. The van der Waals surface area contributed by atoms with E-state index in [4.69, 9.17) is 11.6 Å². The van der Waals surface area contributed by atoms with Gasteiger partial charge in [-0.2, -0.15) is 8.78 Å². The summed E-state index contributed by atoms with van der Waals surface area (Å²) in [5.41, 5.74) is -0.148. The maximum absolute atomic E-state index is 14.5. The summed E-state index contributed by atoms with van der Waals surface area (Å²) in [6.45, 7) is -0.0471. The Kier molecular flexibility index (Phi) is 6.01. The molecule has 2 atom stereocenters. The first-order chi connectivity index (χ1) is 15.9. The molecule has 2 heterocycles. The predicted molar refractivity (Wildman–Crippen MR) is 125 cm³/mol. The summed E-state index contributed by atoms with van der Waals surface area (Å²) >= 11 is 5.72. The summed E-state index contributed by atoms with van der Waals surface area (Å²) in [4.78, 5) is 51.0. The molecular formula is C22H20B2ClF2N3O4. The van der Waals surface area contributed by atoms with Gasteiger partial charge in [-0.1, -0.05) is 35.9 Å². The Morgan fingerprint density at radius 3 is 2.56 bits per heavy atom. The minimum absolute atomic E-state index is 0.127. The second kappa shape index (κ2) is 8.54. The number of hydrogen-bond acceptors (Lipinski definition) is 4. The lowest BCUT2D eigenvalue weighted by atomic mass is 9.62. The molecule has 0 saturated carbocycles. The number of benzene rings is 2. The van der Waals surface area contributed by atoms with Gasteiger partial charge in [0.15, 0.2) is 0 Å². The van der Waals surface area contributed by atoms with E-state index in [1.807, 2.05) is 0 Å². The number of carbonyl (C=O) groups excluding carboxylic acids is 4. The number of amides is 4. The van der Waals surface area contributed by atoms with Gasteiger partial charge < -0.3 is 10.2 Å². The third-order valence-electron chi connectivity index (χ3n) is 6.39. The average molecular weight is 485 g/mol. The van der Waals surface area contributed by atoms with Crippen molar-refractivity contribution in [1.82, 2.24) is 15.5 Å². The highest BCUT2D eigenvalue weighted by molar-refractivity contribution is 6.36. The first-order valence-corrected chi connectivity index (χ1v) is 11.0. The molecule has 0 bridgehead atoms. The fourth-order valence-corrected chi connectivity index (χ4v) is 4.48. The second-order valence-electron chi connectivity index (χ2n) is 8.84. The van der Waals surface area contributed by atoms with Crippen molar-refractivity contribution in [3.05, 3.63) is 69.7 Å². The molecule has 0 radical (unpaired) electrons. The molecule has 2 aliphatic heterocycles. The van der Waals surface area contributed by atoms with Crippen molar-refractivity contribution in [3.63, 3.8) is 0 Å². The average Bonchev–Trinajstić information content (AvgIpc) is 3.13. The molecule has 0 aliphatic carbocycles. The molecule has 4 amide bonds. The number of nitrogens with zero attached hydrogens (tertiary/aromatic N) is 1. The van der Waals surface area contributed by atoms with Gasteiger partial charge in [0.05, 0.1) is 5.44 Å². The second-order valence-corrected chi connectivity index (χ2v) is 9.28. The standard InChI is InChI=1S/C22H20B2ClF2N3O4/c23-16-8-21(24,19(33)29-17(16)31)30-10-12-7-11(1-6-15(12)18(30)32)9-28-20(34)22(26,27)13-2-4-14(25)5-3-13/h1-7,16H,8-10,23-24H2,(H,28,34)(H,29,31,33)/t16?,21-/m1/s1. The number of fused-ring (bicyclic) bond motifs is 1. The molecule has 174 valence electrons. The first kappa shape index (κ1) is 23.9. The van der Waals surface area contributed by atoms with Crippen LogP contribution in [0.2, 0.25) is 10.8 Å². The van der Waals surface area contributed by atoms with Gasteiger partial charge in [-0.15, -0.1) is 0 Å². The quantitative estimate of drug-likeness (QED) is 0.477. The Morgan fingerprint density at radius 1 is 1.21 bits per heavy atom. The number of rotatable bonds is 5. The van der Waals surface area contributed by atoms with Crippen LogP contribution in [0, 0.1) is 0 Å². The molecule has 0 spiro atoms. The molecule has 7 nitrogen and oxygen atoms in total. The Morgan fingerprint density at radius 2 is 1.88 bits per heavy atom. The molecule has 1 fully saturated rings. The van der Waals surface area contributed by atoms with Gasteiger partial charge >= 0.3 is 5.92 Å². The normalized spacial score (nSPS) is 22.4. The van der Waals surface area contributed by atoms with E-state index in [0.717, 1.165) is 12.1 Å². The van der Waals surface area contributed by atoms with Gasteiger partial charge in [0, 0.05) is 35.1 Å². The van der Waals surface area contributed by atoms with Crippen molar-refractivity contribution in [1.29, 1.82) is 0 Å². The van der Waals surface area contributed by atoms with E-state index in [9.17, 15) is 28.0 Å². The number of carbonyl (C=O) groups is 4. The van der Waals surface area contributed by atoms with Crippen LogP contribution < -0.4 is 10.6 Å². The van der Waals surface area contributed by atoms with E-state index in [1.165, 1.54) is 17.0 Å². The third kappa shape index (κ3) is 4.09. The summed E-state index contributed by atoms with van der Waals surface area (Å²) in [6.07, 6.45) is 0.195. The molecular weight excluding hydrogens is 465 g/mol. The SMILES string of the molecule is BC1C[C@@](B)(N2Cc3cc(CNC(=O)C(F)(F)c4ccc(Cl)cc4)ccc3C2=O)C(=O)NC1=O. The molecule has 1 unspecified atom stereocenters. The van der Waals surface area contributed by atoms with Crippen LogP contribution >= 0.6 is 11.6 Å². The van der Waals surface area contributed by atoms with Crippen LogP contribution in [-0.4, -0.2) is 49.7 Å². The van der Waals surface area contributed by atoms with Crippen LogP contribution in [0.1, 0.15) is 33.5 Å². The molecule has 34 heavy (non-hydrogen) atoms. The Labute approximate surface area is 201 Å². The fourth-order valence-electron chi connectivity index (χ4n) is 4.35. The maximum Gasteiger partial charge on any atom is 0.349 e. The number of alkyl halides is 2. The molecule has 2 N–H and O–H groups in total. The van der Waals surface area contributed by atoms with Gasteiger partial charge in [-0.05, 0) is 35.7 Å². The number of nitrogens with one attached hydrogen (secondary N) is 2. The fraction of sp³-hybridized carbons (Fsp3) is 0.273.